The van der Waals surface area contributed by atoms with Crippen LogP contribution in [0.3, 0.4) is 0 Å². The molecule has 0 radical (unpaired) electrons. The topological polar surface area (TPSA) is 70.8 Å². The monoisotopic (exact) mass is 293 g/mol. The highest BCUT2D eigenvalue weighted by Crippen LogP contribution is 2.16. The molecule has 0 aliphatic rings. The number of carbonyl (C=O) groups excluding carboxylic acids is 1. The van der Waals surface area contributed by atoms with Crippen LogP contribution in [0.15, 0.2) is 40.3 Å². The maximum atomic E-state index is 12.4. The summed E-state index contributed by atoms with van der Waals surface area (Å²) in [5, 5.41) is 10.8. The van der Waals surface area contributed by atoms with Gasteiger partial charge in [0.25, 0.3) is 5.91 Å². The Hall–Kier alpha value is -2.08. The van der Waals surface area contributed by atoms with Crippen molar-refractivity contribution >= 4 is 23.2 Å². The second-order valence-corrected chi connectivity index (χ2v) is 5.43. The Kier molecular flexibility index (Phi) is 4.57. The fraction of sp³-hybridized carbons (Fsp3) is 0.286. The summed E-state index contributed by atoms with van der Waals surface area (Å²) in [5.74, 6) is -1.10. The summed E-state index contributed by atoms with van der Waals surface area (Å²) in [4.78, 5) is 25.5. The first-order valence-electron chi connectivity index (χ1n) is 6.16. The van der Waals surface area contributed by atoms with Gasteiger partial charge in [0.2, 0.25) is 0 Å². The highest BCUT2D eigenvalue weighted by molar-refractivity contribution is 7.12. The number of amides is 1. The first-order chi connectivity index (χ1) is 9.58. The van der Waals surface area contributed by atoms with Gasteiger partial charge in [-0.2, -0.15) is 0 Å². The summed E-state index contributed by atoms with van der Waals surface area (Å²) >= 11 is 1.34. The molecule has 1 unspecified atom stereocenters. The van der Waals surface area contributed by atoms with Crippen LogP contribution in [0.5, 0.6) is 0 Å². The van der Waals surface area contributed by atoms with Gasteiger partial charge in [-0.15, -0.1) is 11.3 Å². The normalized spacial score (nSPS) is 12.1. The number of aliphatic carboxylic acids is 1. The Morgan fingerprint density at radius 2 is 2.20 bits per heavy atom. The van der Waals surface area contributed by atoms with E-state index in [0.717, 1.165) is 0 Å². The van der Waals surface area contributed by atoms with Crippen molar-refractivity contribution in [3.05, 3.63) is 46.5 Å². The molecule has 2 heterocycles. The number of hydrogen-bond acceptors (Lipinski definition) is 4. The second kappa shape index (κ2) is 6.38. The molecule has 1 N–H and O–H groups in total. The molecule has 0 bridgehead atoms. The van der Waals surface area contributed by atoms with E-state index >= 15 is 0 Å². The Morgan fingerprint density at radius 3 is 2.75 bits per heavy atom. The third kappa shape index (κ3) is 3.48. The highest BCUT2D eigenvalue weighted by Gasteiger charge is 2.23. The number of hydrogen-bond donors (Lipinski definition) is 1. The van der Waals surface area contributed by atoms with Crippen molar-refractivity contribution in [3.63, 3.8) is 0 Å². The number of furan rings is 1. The molecule has 0 aromatic carbocycles. The molecule has 1 amide bonds. The molecule has 0 aliphatic heterocycles. The van der Waals surface area contributed by atoms with Gasteiger partial charge in [0.1, 0.15) is 5.76 Å². The first-order valence-corrected chi connectivity index (χ1v) is 7.04. The summed E-state index contributed by atoms with van der Waals surface area (Å²) in [6.07, 6.45) is 1.53. The molecule has 0 saturated heterocycles. The zero-order chi connectivity index (χ0) is 14.5. The first kappa shape index (κ1) is 14.3. The average Bonchev–Trinajstić information content (AvgIpc) is 3.10. The van der Waals surface area contributed by atoms with Crippen LogP contribution in [0.2, 0.25) is 0 Å². The molecule has 0 aliphatic carbocycles. The molecule has 106 valence electrons. The van der Waals surface area contributed by atoms with Crippen molar-refractivity contribution in [1.29, 1.82) is 0 Å². The number of carboxylic acid groups (broad SMARTS) is 1. The van der Waals surface area contributed by atoms with Crippen molar-refractivity contribution in [2.24, 2.45) is 5.92 Å². The van der Waals surface area contributed by atoms with Crippen molar-refractivity contribution in [3.8, 4) is 0 Å². The zero-order valence-corrected chi connectivity index (χ0v) is 11.8. The molecule has 20 heavy (non-hydrogen) atoms. The lowest BCUT2D eigenvalue weighted by Crippen LogP contribution is -2.36. The number of carboxylic acids is 1. The quantitative estimate of drug-likeness (QED) is 0.889. The largest absolute Gasteiger partial charge is 0.481 e. The minimum Gasteiger partial charge on any atom is -0.481 e. The minimum atomic E-state index is -0.923. The molecular formula is C14H15NO4S. The van der Waals surface area contributed by atoms with Gasteiger partial charge >= 0.3 is 5.97 Å². The fourth-order valence-electron chi connectivity index (χ4n) is 1.77. The third-order valence-electron chi connectivity index (χ3n) is 2.86. The van der Waals surface area contributed by atoms with Crippen LogP contribution in [0, 0.1) is 5.92 Å². The zero-order valence-electron chi connectivity index (χ0n) is 11.0. The number of rotatable bonds is 6. The van der Waals surface area contributed by atoms with Crippen LogP contribution in [0.4, 0.5) is 0 Å². The van der Waals surface area contributed by atoms with E-state index in [4.69, 9.17) is 9.52 Å². The highest BCUT2D eigenvalue weighted by atomic mass is 32.1. The lowest BCUT2D eigenvalue weighted by atomic mass is 10.1. The molecule has 5 nitrogen and oxygen atoms in total. The summed E-state index contributed by atoms with van der Waals surface area (Å²) in [7, 11) is 0. The van der Waals surface area contributed by atoms with E-state index in [1.165, 1.54) is 22.5 Å². The smallest absolute Gasteiger partial charge is 0.308 e. The van der Waals surface area contributed by atoms with E-state index < -0.39 is 11.9 Å². The Labute approximate surface area is 120 Å². The van der Waals surface area contributed by atoms with Gasteiger partial charge in [-0.05, 0) is 23.6 Å². The molecule has 0 saturated carbocycles. The predicted octanol–water partition coefficient (Wildman–Crippen LogP) is 2.70. The second-order valence-electron chi connectivity index (χ2n) is 4.48. The molecule has 2 aromatic rings. The van der Waals surface area contributed by atoms with Crippen LogP contribution in [0.25, 0.3) is 0 Å². The van der Waals surface area contributed by atoms with Crippen molar-refractivity contribution in [1.82, 2.24) is 4.90 Å². The van der Waals surface area contributed by atoms with Gasteiger partial charge in [-0.25, -0.2) is 0 Å². The van der Waals surface area contributed by atoms with E-state index in [2.05, 4.69) is 0 Å². The van der Waals surface area contributed by atoms with Crippen molar-refractivity contribution in [2.45, 2.75) is 13.5 Å². The fourth-order valence-corrected chi connectivity index (χ4v) is 2.47. The van der Waals surface area contributed by atoms with E-state index in [1.54, 1.807) is 31.2 Å². The Morgan fingerprint density at radius 1 is 1.40 bits per heavy atom. The molecule has 2 rings (SSSR count). The maximum absolute atomic E-state index is 12.4. The molecule has 0 spiro atoms. The van der Waals surface area contributed by atoms with Gasteiger partial charge in [-0.3, -0.25) is 9.59 Å². The van der Waals surface area contributed by atoms with Crippen molar-refractivity contribution < 1.29 is 19.1 Å². The van der Waals surface area contributed by atoms with Crippen LogP contribution in [-0.4, -0.2) is 28.4 Å². The minimum absolute atomic E-state index is 0.146. The summed E-state index contributed by atoms with van der Waals surface area (Å²) < 4.78 is 5.24. The summed E-state index contributed by atoms with van der Waals surface area (Å²) in [6.45, 7) is 1.99. The van der Waals surface area contributed by atoms with Crippen LogP contribution < -0.4 is 0 Å². The number of carbonyl (C=O) groups is 2. The summed E-state index contributed by atoms with van der Waals surface area (Å²) in [5.41, 5.74) is 0. The predicted molar refractivity (Wildman–Crippen MR) is 74.6 cm³/mol. The van der Waals surface area contributed by atoms with E-state index in [0.29, 0.717) is 10.6 Å². The Balaban J connectivity index is 2.15. The maximum Gasteiger partial charge on any atom is 0.308 e. The number of nitrogens with zero attached hydrogens (tertiary/aromatic N) is 1. The molecule has 2 aromatic heterocycles. The third-order valence-corrected chi connectivity index (χ3v) is 3.72. The molecular weight excluding hydrogens is 278 g/mol. The van der Waals surface area contributed by atoms with Gasteiger partial charge in [0, 0.05) is 6.54 Å². The van der Waals surface area contributed by atoms with Gasteiger partial charge < -0.3 is 14.4 Å². The standard InChI is InChI=1S/C14H15NO4S/c1-10(14(17)18)8-15(9-11-4-2-6-19-11)13(16)12-5-3-7-20-12/h2-7,10H,8-9H2,1H3,(H,17,18). The lowest BCUT2D eigenvalue weighted by molar-refractivity contribution is -0.141. The van der Waals surface area contributed by atoms with Crippen LogP contribution in [-0.2, 0) is 11.3 Å². The average molecular weight is 293 g/mol. The van der Waals surface area contributed by atoms with Crippen LogP contribution >= 0.6 is 11.3 Å². The lowest BCUT2D eigenvalue weighted by Gasteiger charge is -2.23. The van der Waals surface area contributed by atoms with E-state index in [1.807, 2.05) is 5.38 Å². The summed E-state index contributed by atoms with van der Waals surface area (Å²) in [6, 6.07) is 7.03. The van der Waals surface area contributed by atoms with Gasteiger partial charge in [0.15, 0.2) is 0 Å². The molecule has 0 fully saturated rings. The number of thiophene rings is 1. The molecule has 6 heteroatoms. The molecule has 1 atom stereocenters. The van der Waals surface area contributed by atoms with Gasteiger partial charge in [0.05, 0.1) is 23.6 Å². The Bertz CT molecular complexity index is 562. The van der Waals surface area contributed by atoms with E-state index in [-0.39, 0.29) is 19.0 Å². The van der Waals surface area contributed by atoms with Crippen LogP contribution in [0.1, 0.15) is 22.4 Å². The SMILES string of the molecule is CC(CN(Cc1ccco1)C(=O)c1cccs1)C(=O)O. The van der Waals surface area contributed by atoms with E-state index in [9.17, 15) is 9.59 Å². The van der Waals surface area contributed by atoms with Crippen molar-refractivity contribution in [2.75, 3.05) is 6.54 Å². The van der Waals surface area contributed by atoms with Gasteiger partial charge in [-0.1, -0.05) is 13.0 Å².